The molecule has 1 atom stereocenters. The van der Waals surface area contributed by atoms with Crippen LogP contribution in [-0.2, 0) is 4.79 Å². The predicted octanol–water partition coefficient (Wildman–Crippen LogP) is 3.67. The minimum absolute atomic E-state index is 0.133. The summed E-state index contributed by atoms with van der Waals surface area (Å²) in [6.07, 6.45) is 1.45. The summed E-state index contributed by atoms with van der Waals surface area (Å²) in [5, 5.41) is 5.58. The molecule has 3 aromatic rings. The van der Waals surface area contributed by atoms with Gasteiger partial charge in [-0.2, -0.15) is 0 Å². The van der Waals surface area contributed by atoms with Gasteiger partial charge in [0.05, 0.1) is 11.9 Å². The van der Waals surface area contributed by atoms with E-state index in [0.717, 1.165) is 5.56 Å². The number of carbonyl (C=O) groups excluding carboxylic acids is 3. The minimum Gasteiger partial charge on any atom is -0.439 e. The number of aromatic nitrogens is 1. The topological polar surface area (TPSA) is 123 Å². The molecule has 8 nitrogen and oxygen atoms in total. The molecule has 0 aliphatic carbocycles. The lowest BCUT2D eigenvalue weighted by atomic mass is 10.0. The van der Waals surface area contributed by atoms with Gasteiger partial charge in [0.2, 0.25) is 17.7 Å². The number of hydrogen-bond donors (Lipinski definition) is 3. The Morgan fingerprint density at radius 3 is 2.33 bits per heavy atom. The number of benzene rings is 2. The van der Waals surface area contributed by atoms with Gasteiger partial charge in [0.15, 0.2) is 0 Å². The second-order valence-electron chi connectivity index (χ2n) is 7.93. The summed E-state index contributed by atoms with van der Waals surface area (Å²) in [5.41, 5.74) is 7.51. The first kappa shape index (κ1) is 23.5. The van der Waals surface area contributed by atoms with E-state index >= 15 is 0 Å². The van der Waals surface area contributed by atoms with Gasteiger partial charge >= 0.3 is 0 Å². The summed E-state index contributed by atoms with van der Waals surface area (Å²) in [5.74, 6) is -0.659. The van der Waals surface area contributed by atoms with Crippen molar-refractivity contribution in [3.05, 3.63) is 83.6 Å². The van der Waals surface area contributed by atoms with Gasteiger partial charge in [-0.3, -0.25) is 14.4 Å². The van der Waals surface area contributed by atoms with Gasteiger partial charge in [-0.25, -0.2) is 4.98 Å². The normalized spacial score (nSPS) is 11.5. The van der Waals surface area contributed by atoms with Crippen LogP contribution < -0.4 is 21.1 Å². The molecule has 4 N–H and O–H groups in total. The number of aryl methyl sites for hydroxylation is 1. The lowest BCUT2D eigenvalue weighted by molar-refractivity contribution is -0.118. The average molecular weight is 447 g/mol. The Bertz CT molecular complexity index is 1160. The number of nitrogens with zero attached hydrogens (tertiary/aromatic N) is 1. The smallest absolute Gasteiger partial charge is 0.251 e. The van der Waals surface area contributed by atoms with Crippen molar-refractivity contribution < 1.29 is 19.1 Å². The van der Waals surface area contributed by atoms with Gasteiger partial charge < -0.3 is 21.1 Å². The van der Waals surface area contributed by atoms with Gasteiger partial charge in [-0.05, 0) is 49.2 Å². The highest BCUT2D eigenvalue weighted by Crippen LogP contribution is 2.21. The number of primary amides is 1. The van der Waals surface area contributed by atoms with Crippen LogP contribution in [0.15, 0.2) is 66.9 Å². The predicted molar refractivity (Wildman–Crippen MR) is 125 cm³/mol. The Morgan fingerprint density at radius 1 is 0.970 bits per heavy atom. The van der Waals surface area contributed by atoms with Crippen LogP contribution in [0.5, 0.6) is 11.6 Å². The van der Waals surface area contributed by atoms with E-state index in [1.807, 2.05) is 26.8 Å². The Kier molecular flexibility index (Phi) is 7.40. The van der Waals surface area contributed by atoms with Crippen molar-refractivity contribution in [2.45, 2.75) is 26.8 Å². The largest absolute Gasteiger partial charge is 0.439 e. The quantitative estimate of drug-likeness (QED) is 0.487. The molecular formula is C25H26N4O4. The zero-order chi connectivity index (χ0) is 24.0. The lowest BCUT2D eigenvalue weighted by Gasteiger charge is -2.22. The molecule has 0 radical (unpaired) electrons. The van der Waals surface area contributed by atoms with Crippen molar-refractivity contribution in [3.63, 3.8) is 0 Å². The molecule has 1 heterocycles. The number of anilines is 1. The third kappa shape index (κ3) is 6.39. The first-order chi connectivity index (χ1) is 15.7. The highest BCUT2D eigenvalue weighted by atomic mass is 16.5. The van der Waals surface area contributed by atoms with E-state index < -0.39 is 11.9 Å². The molecular weight excluding hydrogens is 420 g/mol. The first-order valence-electron chi connectivity index (χ1n) is 10.4. The summed E-state index contributed by atoms with van der Waals surface area (Å²) >= 11 is 0. The third-order valence-corrected chi connectivity index (χ3v) is 4.86. The van der Waals surface area contributed by atoms with Gasteiger partial charge in [0.1, 0.15) is 11.8 Å². The van der Waals surface area contributed by atoms with Crippen LogP contribution in [0, 0.1) is 12.8 Å². The zero-order valence-electron chi connectivity index (χ0n) is 18.7. The molecule has 3 amide bonds. The highest BCUT2D eigenvalue weighted by molar-refractivity contribution is 6.01. The highest BCUT2D eigenvalue weighted by Gasteiger charge is 2.25. The number of pyridine rings is 1. The zero-order valence-corrected chi connectivity index (χ0v) is 18.7. The van der Waals surface area contributed by atoms with Gasteiger partial charge in [-0.15, -0.1) is 0 Å². The molecule has 2 aromatic carbocycles. The molecule has 1 unspecified atom stereocenters. The van der Waals surface area contributed by atoms with Gasteiger partial charge in [0, 0.05) is 17.2 Å². The van der Waals surface area contributed by atoms with Crippen molar-refractivity contribution in [1.29, 1.82) is 0 Å². The van der Waals surface area contributed by atoms with Gasteiger partial charge in [0.25, 0.3) is 5.91 Å². The van der Waals surface area contributed by atoms with E-state index in [1.165, 1.54) is 12.3 Å². The molecule has 0 aliphatic rings. The Balaban J connectivity index is 1.65. The summed E-state index contributed by atoms with van der Waals surface area (Å²) in [4.78, 5) is 40.9. The second-order valence-corrected chi connectivity index (χ2v) is 7.93. The van der Waals surface area contributed by atoms with Crippen molar-refractivity contribution in [2.75, 3.05) is 5.32 Å². The van der Waals surface area contributed by atoms with E-state index in [1.54, 1.807) is 48.5 Å². The number of amides is 3. The molecule has 0 bridgehead atoms. The maximum atomic E-state index is 12.8. The summed E-state index contributed by atoms with van der Waals surface area (Å²) in [6.45, 7) is 5.62. The van der Waals surface area contributed by atoms with Crippen LogP contribution in [-0.4, -0.2) is 28.7 Å². The van der Waals surface area contributed by atoms with Crippen LogP contribution in [0.25, 0.3) is 0 Å². The fourth-order valence-corrected chi connectivity index (χ4v) is 3.11. The van der Waals surface area contributed by atoms with Crippen LogP contribution in [0.3, 0.4) is 0 Å². The van der Waals surface area contributed by atoms with Gasteiger partial charge in [-0.1, -0.05) is 37.6 Å². The monoisotopic (exact) mass is 446 g/mol. The van der Waals surface area contributed by atoms with E-state index in [4.69, 9.17) is 10.5 Å². The SMILES string of the molecule is Cc1cccc(C(=O)NC(C(=O)Nc2ccc(Oc3cccc(C(N)=O)c3)nc2)C(C)C)c1. The molecule has 0 spiro atoms. The minimum atomic E-state index is -0.731. The summed E-state index contributed by atoms with van der Waals surface area (Å²) < 4.78 is 5.64. The number of rotatable bonds is 8. The maximum absolute atomic E-state index is 12.8. The molecule has 8 heteroatoms. The third-order valence-electron chi connectivity index (χ3n) is 4.86. The number of nitrogens with two attached hydrogens (primary N) is 1. The number of hydrogen-bond acceptors (Lipinski definition) is 5. The number of carbonyl (C=O) groups is 3. The Morgan fingerprint density at radius 2 is 1.70 bits per heavy atom. The lowest BCUT2D eigenvalue weighted by Crippen LogP contribution is -2.47. The van der Waals surface area contributed by atoms with Crippen molar-refractivity contribution in [2.24, 2.45) is 11.7 Å². The Hall–Kier alpha value is -4.20. The molecule has 170 valence electrons. The number of ether oxygens (including phenoxy) is 1. The second kappa shape index (κ2) is 10.4. The van der Waals surface area contributed by atoms with E-state index in [0.29, 0.717) is 22.6 Å². The van der Waals surface area contributed by atoms with Crippen LogP contribution in [0.2, 0.25) is 0 Å². The van der Waals surface area contributed by atoms with Crippen LogP contribution in [0.4, 0.5) is 5.69 Å². The van der Waals surface area contributed by atoms with Crippen molar-refractivity contribution in [1.82, 2.24) is 10.3 Å². The average Bonchev–Trinajstić information content (AvgIpc) is 2.78. The maximum Gasteiger partial charge on any atom is 0.251 e. The molecule has 33 heavy (non-hydrogen) atoms. The van der Waals surface area contributed by atoms with E-state index in [2.05, 4.69) is 15.6 Å². The molecule has 0 fully saturated rings. The van der Waals surface area contributed by atoms with Crippen LogP contribution in [0.1, 0.15) is 40.1 Å². The van der Waals surface area contributed by atoms with Crippen LogP contribution >= 0.6 is 0 Å². The van der Waals surface area contributed by atoms with Crippen molar-refractivity contribution in [3.8, 4) is 11.6 Å². The van der Waals surface area contributed by atoms with Crippen molar-refractivity contribution >= 4 is 23.4 Å². The fourth-order valence-electron chi connectivity index (χ4n) is 3.11. The molecule has 0 saturated carbocycles. The fraction of sp³-hybridized carbons (Fsp3) is 0.200. The molecule has 3 rings (SSSR count). The van der Waals surface area contributed by atoms with E-state index in [-0.39, 0.29) is 23.6 Å². The molecule has 0 aliphatic heterocycles. The number of nitrogens with one attached hydrogen (secondary N) is 2. The molecule has 0 saturated heterocycles. The molecule has 1 aromatic heterocycles. The summed E-state index contributed by atoms with van der Waals surface area (Å²) in [6, 6.07) is 16.1. The standard InChI is InChI=1S/C25H26N4O4/c1-15(2)22(29-24(31)18-8-4-6-16(3)12-18)25(32)28-19-10-11-21(27-14-19)33-20-9-5-7-17(13-20)23(26)30/h4-15,22H,1-3H3,(H2,26,30)(H,28,32)(H,29,31). The van der Waals surface area contributed by atoms with E-state index in [9.17, 15) is 14.4 Å². The first-order valence-corrected chi connectivity index (χ1v) is 10.4. The Labute approximate surface area is 192 Å². The summed E-state index contributed by atoms with van der Waals surface area (Å²) in [7, 11) is 0.